The lowest BCUT2D eigenvalue weighted by Crippen LogP contribution is -2.06. The zero-order valence-electron chi connectivity index (χ0n) is 7.86. The zero-order chi connectivity index (χ0) is 11.1. The van der Waals surface area contributed by atoms with E-state index in [1.807, 2.05) is 0 Å². The van der Waals surface area contributed by atoms with Crippen molar-refractivity contribution in [1.82, 2.24) is 10.2 Å². The molecule has 0 atom stereocenters. The van der Waals surface area contributed by atoms with Crippen LogP contribution in [0.2, 0.25) is 0 Å². The molecule has 2 nitrogen and oxygen atoms in total. The molecule has 1 aromatic heterocycles. The molecule has 6 heteroatoms. The standard InChI is InChI=1S/C9H10BrF3N2/c10-6-7(5-3-1-2-4-5)14-15-8(6)9(11,12)13/h5H,1-4H2,(H,14,15). The van der Waals surface area contributed by atoms with E-state index in [0.29, 0.717) is 5.69 Å². The van der Waals surface area contributed by atoms with Crippen LogP contribution in [0.4, 0.5) is 13.2 Å². The molecule has 0 radical (unpaired) electrons. The van der Waals surface area contributed by atoms with Crippen LogP contribution < -0.4 is 0 Å². The molecule has 1 heterocycles. The first-order valence-corrected chi connectivity index (χ1v) is 5.60. The van der Waals surface area contributed by atoms with Gasteiger partial charge in [0.25, 0.3) is 0 Å². The van der Waals surface area contributed by atoms with Gasteiger partial charge in [-0.1, -0.05) is 12.8 Å². The Labute approximate surface area is 93.4 Å². The lowest BCUT2D eigenvalue weighted by atomic mass is 10.0. The molecule has 1 aromatic rings. The molecule has 0 spiro atoms. The molecule has 84 valence electrons. The van der Waals surface area contributed by atoms with Crippen molar-refractivity contribution in [2.45, 2.75) is 37.8 Å². The topological polar surface area (TPSA) is 28.7 Å². The van der Waals surface area contributed by atoms with Gasteiger partial charge >= 0.3 is 6.18 Å². The summed E-state index contributed by atoms with van der Waals surface area (Å²) in [5.41, 5.74) is -0.246. The van der Waals surface area contributed by atoms with Gasteiger partial charge < -0.3 is 0 Å². The fraction of sp³-hybridized carbons (Fsp3) is 0.667. The zero-order valence-corrected chi connectivity index (χ0v) is 9.45. The van der Waals surface area contributed by atoms with Crippen molar-refractivity contribution >= 4 is 15.9 Å². The summed E-state index contributed by atoms with van der Waals surface area (Å²) in [6, 6.07) is 0. The molecule has 0 bridgehead atoms. The van der Waals surface area contributed by atoms with Crippen LogP contribution in [0.1, 0.15) is 43.0 Å². The molecule has 15 heavy (non-hydrogen) atoms. The second-order valence-corrected chi connectivity index (χ2v) is 4.57. The molecule has 0 unspecified atom stereocenters. The fourth-order valence-electron chi connectivity index (χ4n) is 2.01. The quantitative estimate of drug-likeness (QED) is 0.833. The molecule has 1 fully saturated rings. The third-order valence-electron chi connectivity index (χ3n) is 2.76. The minimum atomic E-state index is -4.38. The minimum Gasteiger partial charge on any atom is -0.281 e. The number of nitrogens with one attached hydrogen (secondary N) is 1. The van der Waals surface area contributed by atoms with E-state index in [1.54, 1.807) is 0 Å². The Hall–Kier alpha value is -0.520. The van der Waals surface area contributed by atoms with Gasteiger partial charge in [-0.25, -0.2) is 0 Å². The van der Waals surface area contributed by atoms with E-state index in [1.165, 1.54) is 0 Å². The molecule has 0 aliphatic heterocycles. The third kappa shape index (κ3) is 2.04. The SMILES string of the molecule is FC(F)(F)c1n[nH]c(C2CCCC2)c1Br. The second kappa shape index (κ2) is 3.81. The van der Waals surface area contributed by atoms with E-state index in [4.69, 9.17) is 0 Å². The lowest BCUT2D eigenvalue weighted by molar-refractivity contribution is -0.141. The maximum absolute atomic E-state index is 12.4. The van der Waals surface area contributed by atoms with Crippen LogP contribution in [0, 0.1) is 0 Å². The number of rotatable bonds is 1. The van der Waals surface area contributed by atoms with Crippen molar-refractivity contribution < 1.29 is 13.2 Å². The largest absolute Gasteiger partial charge is 0.436 e. The van der Waals surface area contributed by atoms with Crippen LogP contribution in [0.25, 0.3) is 0 Å². The Kier molecular flexibility index (Phi) is 2.79. The average Bonchev–Trinajstić information content (AvgIpc) is 2.69. The van der Waals surface area contributed by atoms with Crippen molar-refractivity contribution in [3.63, 3.8) is 0 Å². The number of aromatic amines is 1. The van der Waals surface area contributed by atoms with E-state index < -0.39 is 11.9 Å². The van der Waals surface area contributed by atoms with E-state index in [-0.39, 0.29) is 10.4 Å². The highest BCUT2D eigenvalue weighted by Gasteiger charge is 2.38. The normalized spacial score (nSPS) is 18.7. The highest BCUT2D eigenvalue weighted by Crippen LogP contribution is 2.41. The Bertz CT molecular complexity index is 353. The van der Waals surface area contributed by atoms with Crippen molar-refractivity contribution in [2.24, 2.45) is 0 Å². The summed E-state index contributed by atoms with van der Waals surface area (Å²) in [6.45, 7) is 0. The van der Waals surface area contributed by atoms with Crippen LogP contribution in [0.15, 0.2) is 4.47 Å². The highest BCUT2D eigenvalue weighted by molar-refractivity contribution is 9.10. The number of halogens is 4. The third-order valence-corrected chi connectivity index (χ3v) is 3.57. The van der Waals surface area contributed by atoms with E-state index in [9.17, 15) is 13.2 Å². The smallest absolute Gasteiger partial charge is 0.281 e. The summed E-state index contributed by atoms with van der Waals surface area (Å²) in [4.78, 5) is 0. The molecule has 1 N–H and O–H groups in total. The summed E-state index contributed by atoms with van der Waals surface area (Å²) >= 11 is 2.98. The Morgan fingerprint density at radius 1 is 1.27 bits per heavy atom. The van der Waals surface area contributed by atoms with Gasteiger partial charge in [-0.15, -0.1) is 0 Å². The number of aromatic nitrogens is 2. The maximum atomic E-state index is 12.4. The molecule has 1 aliphatic rings. The number of nitrogens with zero attached hydrogens (tertiary/aromatic N) is 1. The first-order valence-electron chi connectivity index (χ1n) is 4.81. The number of hydrogen-bond donors (Lipinski definition) is 1. The molecule has 0 aromatic carbocycles. The molecule has 1 aliphatic carbocycles. The summed E-state index contributed by atoms with van der Waals surface area (Å²) < 4.78 is 37.4. The first-order chi connectivity index (χ1) is 7.00. The van der Waals surface area contributed by atoms with Gasteiger partial charge in [0.2, 0.25) is 0 Å². The van der Waals surface area contributed by atoms with Crippen LogP contribution in [-0.2, 0) is 6.18 Å². The van der Waals surface area contributed by atoms with Crippen molar-refractivity contribution in [3.8, 4) is 0 Å². The predicted molar refractivity (Wildman–Crippen MR) is 52.5 cm³/mol. The molecular formula is C9H10BrF3N2. The van der Waals surface area contributed by atoms with Gasteiger partial charge in [0.05, 0.1) is 10.2 Å². The molecule has 0 saturated heterocycles. The van der Waals surface area contributed by atoms with Crippen LogP contribution in [-0.4, -0.2) is 10.2 Å². The van der Waals surface area contributed by atoms with Crippen molar-refractivity contribution in [3.05, 3.63) is 15.9 Å². The number of alkyl halides is 3. The predicted octanol–water partition coefficient (Wildman–Crippen LogP) is 3.85. The van der Waals surface area contributed by atoms with E-state index in [0.717, 1.165) is 25.7 Å². The minimum absolute atomic E-state index is 0.0851. The van der Waals surface area contributed by atoms with E-state index >= 15 is 0 Å². The average molecular weight is 283 g/mol. The van der Waals surface area contributed by atoms with Crippen molar-refractivity contribution in [1.29, 1.82) is 0 Å². The summed E-state index contributed by atoms with van der Waals surface area (Å²) in [5.74, 6) is 0.197. The summed E-state index contributed by atoms with van der Waals surface area (Å²) in [6.07, 6.45) is -0.336. The molecule has 2 rings (SSSR count). The second-order valence-electron chi connectivity index (χ2n) is 3.78. The lowest BCUT2D eigenvalue weighted by Gasteiger charge is -2.07. The monoisotopic (exact) mass is 282 g/mol. The summed E-state index contributed by atoms with van der Waals surface area (Å²) in [5, 5.41) is 5.84. The van der Waals surface area contributed by atoms with Crippen LogP contribution in [0.3, 0.4) is 0 Å². The van der Waals surface area contributed by atoms with Gasteiger partial charge in [0.1, 0.15) is 0 Å². The number of hydrogen-bond acceptors (Lipinski definition) is 1. The van der Waals surface area contributed by atoms with Gasteiger partial charge in [0, 0.05) is 5.92 Å². The van der Waals surface area contributed by atoms with Crippen LogP contribution in [0.5, 0.6) is 0 Å². The van der Waals surface area contributed by atoms with E-state index in [2.05, 4.69) is 26.1 Å². The Morgan fingerprint density at radius 3 is 2.33 bits per heavy atom. The van der Waals surface area contributed by atoms with Crippen molar-refractivity contribution in [2.75, 3.05) is 0 Å². The van der Waals surface area contributed by atoms with Gasteiger partial charge in [-0.3, -0.25) is 5.10 Å². The molecule has 0 amide bonds. The Balaban J connectivity index is 2.31. The molecule has 1 saturated carbocycles. The highest BCUT2D eigenvalue weighted by atomic mass is 79.9. The maximum Gasteiger partial charge on any atom is 0.436 e. The molecular weight excluding hydrogens is 273 g/mol. The summed E-state index contributed by atoms with van der Waals surface area (Å²) in [7, 11) is 0. The fourth-order valence-corrected chi connectivity index (χ4v) is 2.74. The number of H-pyrrole nitrogens is 1. The van der Waals surface area contributed by atoms with Gasteiger partial charge in [0.15, 0.2) is 5.69 Å². The van der Waals surface area contributed by atoms with Gasteiger partial charge in [-0.05, 0) is 28.8 Å². The van der Waals surface area contributed by atoms with Gasteiger partial charge in [-0.2, -0.15) is 18.3 Å². The first kappa shape index (κ1) is 11.0. The Morgan fingerprint density at radius 2 is 1.87 bits per heavy atom. The van der Waals surface area contributed by atoms with Crippen LogP contribution >= 0.6 is 15.9 Å².